The van der Waals surface area contributed by atoms with Crippen LogP contribution in [0.1, 0.15) is 66.4 Å². The van der Waals surface area contributed by atoms with Gasteiger partial charge in [-0.2, -0.15) is 4.90 Å². The van der Waals surface area contributed by atoms with Crippen LogP contribution in [0.5, 0.6) is 0 Å². The van der Waals surface area contributed by atoms with E-state index in [-0.39, 0.29) is 11.7 Å². The molecule has 2 aliphatic heterocycles. The van der Waals surface area contributed by atoms with Crippen molar-refractivity contribution < 1.29 is 38.0 Å². The lowest BCUT2D eigenvalue weighted by molar-refractivity contribution is -0.309. The molecule has 0 saturated carbocycles. The second-order valence-corrected chi connectivity index (χ2v) is 17.0. The quantitative estimate of drug-likeness (QED) is 0.168. The number of ether oxygens (including phenoxy) is 6. The van der Waals surface area contributed by atoms with E-state index in [4.69, 9.17) is 51.6 Å². The maximum absolute atomic E-state index is 13.3. The van der Waals surface area contributed by atoms with Gasteiger partial charge in [-0.15, -0.1) is 16.4 Å². The number of benzene rings is 2. The minimum absolute atomic E-state index is 0.0490. The Morgan fingerprint density at radius 3 is 2.32 bits per heavy atom. The molecule has 4 aromatic rings. The summed E-state index contributed by atoms with van der Waals surface area (Å²) in [5, 5.41) is 11.6. The number of nitrogens with zero attached hydrogens (tertiary/aromatic N) is 5. The Morgan fingerprint density at radius 2 is 1.68 bits per heavy atom. The molecule has 2 saturated heterocycles. The number of carbonyl (C=O) groups excluding carboxylic acids is 2. The first-order valence-electron chi connectivity index (χ1n) is 16.9. The lowest BCUT2D eigenvalue weighted by Crippen LogP contribution is -2.59. The van der Waals surface area contributed by atoms with E-state index in [9.17, 15) is 9.59 Å². The molecule has 53 heavy (non-hydrogen) atoms. The van der Waals surface area contributed by atoms with E-state index in [2.05, 4.69) is 15.3 Å². The van der Waals surface area contributed by atoms with Gasteiger partial charge in [-0.05, 0) is 66.7 Å². The van der Waals surface area contributed by atoms with Crippen LogP contribution in [0.15, 0.2) is 65.0 Å². The lowest BCUT2D eigenvalue weighted by atomic mass is 9.95. The van der Waals surface area contributed by atoms with E-state index in [0.29, 0.717) is 28.0 Å². The number of fused-ring (bicyclic) bond motifs is 1. The Hall–Kier alpha value is -3.28. The lowest BCUT2D eigenvalue weighted by Gasteiger charge is -2.49. The summed E-state index contributed by atoms with van der Waals surface area (Å²) >= 11 is 15.1. The van der Waals surface area contributed by atoms with E-state index in [1.807, 2.05) is 43.3 Å². The van der Waals surface area contributed by atoms with Crippen molar-refractivity contribution in [1.82, 2.24) is 20.0 Å². The molecule has 3 unspecified atom stereocenters. The summed E-state index contributed by atoms with van der Waals surface area (Å²) in [4.78, 5) is 32.8. The second kappa shape index (κ2) is 16.2. The monoisotopic (exact) mass is 805 g/mol. The molecule has 0 aliphatic carbocycles. The average molecular weight is 807 g/mol. The summed E-state index contributed by atoms with van der Waals surface area (Å²) in [7, 11) is 0. The summed E-state index contributed by atoms with van der Waals surface area (Å²) in [6.07, 6.45) is -2.39. The third kappa shape index (κ3) is 9.51. The molecular weight excluding hydrogens is 765 g/mol. The normalized spacial score (nSPS) is 23.3. The van der Waals surface area contributed by atoms with Crippen LogP contribution < -0.4 is 4.90 Å². The first-order chi connectivity index (χ1) is 25.1. The minimum Gasteiger partial charge on any atom is -0.443 e. The Kier molecular flexibility index (Phi) is 12.1. The van der Waals surface area contributed by atoms with Gasteiger partial charge in [0.15, 0.2) is 6.29 Å². The zero-order valence-electron chi connectivity index (χ0n) is 30.2. The van der Waals surface area contributed by atoms with Crippen LogP contribution in [0.4, 0.5) is 14.7 Å². The average Bonchev–Trinajstić information content (AvgIpc) is 3.76. The van der Waals surface area contributed by atoms with E-state index < -0.39 is 59.5 Å². The molecule has 2 aromatic heterocycles. The molecule has 4 heterocycles. The molecule has 17 heteroatoms. The summed E-state index contributed by atoms with van der Waals surface area (Å²) in [6.45, 7) is 12.8. The number of halogens is 2. The van der Waals surface area contributed by atoms with Gasteiger partial charge in [0.1, 0.15) is 52.4 Å². The number of carbonyl (C=O) groups is 2. The number of imide groups is 1. The van der Waals surface area contributed by atoms with Crippen molar-refractivity contribution in [2.24, 2.45) is 0 Å². The van der Waals surface area contributed by atoms with Gasteiger partial charge >= 0.3 is 12.2 Å². The number of hydrogen-bond donors (Lipinski definition) is 0. The molecule has 284 valence electrons. The summed E-state index contributed by atoms with van der Waals surface area (Å²) in [6, 6.07) is 14.5. The highest BCUT2D eigenvalue weighted by Gasteiger charge is 2.52. The Balaban J connectivity index is 1.34. The molecule has 6 atom stereocenters. The Labute approximate surface area is 326 Å². The zero-order valence-corrected chi connectivity index (χ0v) is 33.4. The summed E-state index contributed by atoms with van der Waals surface area (Å²) < 4.78 is 38.7. The van der Waals surface area contributed by atoms with Gasteiger partial charge in [-0.25, -0.2) is 19.3 Å². The highest BCUT2D eigenvalue weighted by Crippen LogP contribution is 2.45. The smallest absolute Gasteiger partial charge is 0.426 e. The largest absolute Gasteiger partial charge is 0.443 e. The molecule has 2 fully saturated rings. The molecular formula is C36H41Cl2N5O8S2. The maximum Gasteiger partial charge on any atom is 0.426 e. The minimum atomic E-state index is -0.917. The molecule has 0 radical (unpaired) electrons. The van der Waals surface area contributed by atoms with E-state index in [1.54, 1.807) is 69.9 Å². The number of amides is 2. The van der Waals surface area contributed by atoms with Gasteiger partial charge in [-0.3, -0.25) is 0 Å². The van der Waals surface area contributed by atoms with E-state index in [1.165, 1.54) is 11.8 Å². The third-order valence-corrected chi connectivity index (χ3v) is 10.5. The van der Waals surface area contributed by atoms with Crippen LogP contribution in [0.25, 0.3) is 11.4 Å². The highest BCUT2D eigenvalue weighted by atomic mass is 35.5. The molecule has 0 N–H and O–H groups in total. The zero-order chi connectivity index (χ0) is 38.1. The van der Waals surface area contributed by atoms with Crippen molar-refractivity contribution in [3.8, 4) is 11.4 Å². The van der Waals surface area contributed by atoms with E-state index in [0.717, 1.165) is 26.7 Å². The number of thiazole rings is 1. The van der Waals surface area contributed by atoms with Gasteiger partial charge < -0.3 is 28.4 Å². The fourth-order valence-corrected chi connectivity index (χ4v) is 8.00. The van der Waals surface area contributed by atoms with Crippen LogP contribution in [0, 0.1) is 0 Å². The fraction of sp³-hybridized carbons (Fsp3) is 0.472. The molecule has 6 rings (SSSR count). The number of aromatic nitrogens is 4. The van der Waals surface area contributed by atoms with E-state index >= 15 is 0 Å². The SMILES string of the molecule is CCOC1[C@@H](Sc2ccc(Cl)c(Cl)c2)OC2COC(c3ccccc3)O[C@@H]2[C@@H]1n1cc(-c2csc(N(C(=O)OC(C)(C)C)C(=O)OC(C)(C)C)n2)nn1. The van der Waals surface area contributed by atoms with Crippen molar-refractivity contribution in [3.63, 3.8) is 0 Å². The Bertz CT molecular complexity index is 1870. The van der Waals surface area contributed by atoms with Gasteiger partial charge in [0, 0.05) is 22.4 Å². The summed E-state index contributed by atoms with van der Waals surface area (Å²) in [5.41, 5.74) is -0.658. The van der Waals surface area contributed by atoms with Crippen LogP contribution in [-0.4, -0.2) is 80.3 Å². The van der Waals surface area contributed by atoms with Gasteiger partial charge in [0.05, 0.1) is 22.8 Å². The molecule has 2 amide bonds. The highest BCUT2D eigenvalue weighted by molar-refractivity contribution is 7.99. The van der Waals surface area contributed by atoms with Crippen molar-refractivity contribution in [2.45, 2.75) is 101 Å². The number of thioether (sulfide) groups is 1. The van der Waals surface area contributed by atoms with Crippen molar-refractivity contribution >= 4 is 63.6 Å². The maximum atomic E-state index is 13.3. The van der Waals surface area contributed by atoms with Crippen LogP contribution in [0.2, 0.25) is 10.0 Å². The molecule has 2 aliphatic rings. The Morgan fingerprint density at radius 1 is 0.981 bits per heavy atom. The predicted octanol–water partition coefficient (Wildman–Crippen LogP) is 8.96. The van der Waals surface area contributed by atoms with Gasteiger partial charge in [0.2, 0.25) is 5.13 Å². The van der Waals surface area contributed by atoms with Gasteiger partial charge in [-0.1, -0.05) is 70.5 Å². The predicted molar refractivity (Wildman–Crippen MR) is 202 cm³/mol. The second-order valence-electron chi connectivity index (χ2n) is 14.2. The van der Waals surface area contributed by atoms with Gasteiger partial charge in [0.25, 0.3) is 0 Å². The third-order valence-electron chi connectivity index (χ3n) is 7.80. The van der Waals surface area contributed by atoms with Crippen LogP contribution in [0.3, 0.4) is 0 Å². The molecule has 13 nitrogen and oxygen atoms in total. The van der Waals surface area contributed by atoms with Crippen LogP contribution in [-0.2, 0) is 28.4 Å². The number of hydrogen-bond acceptors (Lipinski definition) is 13. The van der Waals surface area contributed by atoms with Crippen molar-refractivity contribution in [3.05, 3.63) is 75.7 Å². The first kappa shape index (κ1) is 39.4. The number of anilines is 1. The molecule has 0 bridgehead atoms. The van der Waals surface area contributed by atoms with Crippen LogP contribution >= 0.6 is 46.3 Å². The fourth-order valence-electron chi connectivity index (χ4n) is 5.67. The van der Waals surface area contributed by atoms with Crippen molar-refractivity contribution in [2.75, 3.05) is 18.1 Å². The first-order valence-corrected chi connectivity index (χ1v) is 19.5. The molecule has 2 aromatic carbocycles. The molecule has 0 spiro atoms. The summed E-state index contributed by atoms with van der Waals surface area (Å²) in [5.74, 6) is 0. The topological polar surface area (TPSA) is 136 Å². The number of rotatable bonds is 8. The van der Waals surface area contributed by atoms with Crippen molar-refractivity contribution in [1.29, 1.82) is 0 Å². The standard InChI is InChI=1S/C36H41Cl2N5O8S2/c1-8-46-29-27(28-26(18-47-30(49-28)20-12-10-9-11-13-20)48-31(29)53-21-14-15-22(37)23(38)16-21)42-17-24(40-41-42)25-19-52-32(39-25)43(33(44)50-35(2,3)4)34(45)51-36(5,6)7/h9-17,19,26-31H,8,18H2,1-7H3/t26?,27-,28-,29?,30?,31+/m0/s1.